The lowest BCUT2D eigenvalue weighted by molar-refractivity contribution is -0.151. The first-order valence-corrected chi connectivity index (χ1v) is 10.7. The van der Waals surface area contributed by atoms with Gasteiger partial charge in [0.2, 0.25) is 6.29 Å². The predicted octanol–water partition coefficient (Wildman–Crippen LogP) is 3.57. The molecule has 3 rings (SSSR count). The van der Waals surface area contributed by atoms with E-state index < -0.39 is 0 Å². The van der Waals surface area contributed by atoms with E-state index in [-0.39, 0.29) is 18.8 Å². The van der Waals surface area contributed by atoms with Gasteiger partial charge in [-0.1, -0.05) is 43.2 Å². The van der Waals surface area contributed by atoms with E-state index in [1.54, 1.807) is 0 Å². The third-order valence-corrected chi connectivity index (χ3v) is 5.72. The molecule has 1 saturated carbocycles. The summed E-state index contributed by atoms with van der Waals surface area (Å²) < 4.78 is 11.8. The van der Waals surface area contributed by atoms with Crippen molar-refractivity contribution in [3.63, 3.8) is 0 Å². The van der Waals surface area contributed by atoms with Crippen LogP contribution >= 0.6 is 0 Å². The first kappa shape index (κ1) is 20.9. The fourth-order valence-electron chi connectivity index (χ4n) is 4.14. The van der Waals surface area contributed by atoms with Crippen molar-refractivity contribution in [3.8, 4) is 0 Å². The van der Waals surface area contributed by atoms with Crippen LogP contribution < -0.4 is 5.32 Å². The highest BCUT2D eigenvalue weighted by Gasteiger charge is 2.33. The predicted molar refractivity (Wildman–Crippen MR) is 108 cm³/mol. The number of unbranched alkanes of at least 4 members (excludes halogenated alkanes) is 1. The van der Waals surface area contributed by atoms with Gasteiger partial charge in [0.05, 0.1) is 6.61 Å². The van der Waals surface area contributed by atoms with Crippen molar-refractivity contribution in [3.05, 3.63) is 47.7 Å². The van der Waals surface area contributed by atoms with Crippen LogP contribution in [0.15, 0.2) is 42.2 Å². The molecule has 2 aliphatic rings. The van der Waals surface area contributed by atoms with Gasteiger partial charge < -0.3 is 19.9 Å². The molecule has 5 nitrogen and oxygen atoms in total. The number of benzene rings is 1. The molecular weight excluding hydrogens is 354 g/mol. The zero-order chi connectivity index (χ0) is 19.6. The van der Waals surface area contributed by atoms with Gasteiger partial charge in [0.25, 0.3) is 5.91 Å². The molecule has 154 valence electrons. The van der Waals surface area contributed by atoms with E-state index in [0.717, 1.165) is 25.7 Å². The van der Waals surface area contributed by atoms with E-state index in [2.05, 4.69) is 17.4 Å². The largest absolute Gasteiger partial charge is 0.459 e. The van der Waals surface area contributed by atoms with Crippen molar-refractivity contribution in [1.29, 1.82) is 0 Å². The van der Waals surface area contributed by atoms with Crippen LogP contribution in [0.5, 0.6) is 0 Å². The molecule has 1 fully saturated rings. The topological polar surface area (TPSA) is 67.8 Å². The summed E-state index contributed by atoms with van der Waals surface area (Å²) in [6.45, 7) is 1.31. The Morgan fingerprint density at radius 3 is 2.71 bits per heavy atom. The Bertz CT molecular complexity index is 625. The minimum absolute atomic E-state index is 0.150. The second-order valence-corrected chi connectivity index (χ2v) is 7.82. The summed E-state index contributed by atoms with van der Waals surface area (Å²) in [7, 11) is 0. The summed E-state index contributed by atoms with van der Waals surface area (Å²) in [6.07, 6.45) is 9.78. The summed E-state index contributed by atoms with van der Waals surface area (Å²) in [4.78, 5) is 12.7. The van der Waals surface area contributed by atoms with E-state index in [1.807, 2.05) is 24.3 Å². The highest BCUT2D eigenvalue weighted by Crippen LogP contribution is 2.38. The van der Waals surface area contributed by atoms with E-state index >= 15 is 0 Å². The Hall–Kier alpha value is -1.85. The Balaban J connectivity index is 1.54. The number of amides is 1. The van der Waals surface area contributed by atoms with Gasteiger partial charge in [0.15, 0.2) is 5.76 Å². The standard InChI is InChI=1S/C23H33NO4/c25-14-6-7-15-27-22-17-20(19-10-4-5-11-19)16-21(28-22)23(26)24-13-12-18-8-2-1-3-9-18/h1-3,8-9,16,19-20,22,25H,4-7,10-15,17H2,(H,24,26)/t20-,22+/m1/s1. The fourth-order valence-corrected chi connectivity index (χ4v) is 4.14. The van der Waals surface area contributed by atoms with Gasteiger partial charge in [-0.15, -0.1) is 0 Å². The minimum atomic E-state index is -0.371. The summed E-state index contributed by atoms with van der Waals surface area (Å²) in [5, 5.41) is 11.9. The molecule has 0 aromatic heterocycles. The molecular formula is C23H33NO4. The number of rotatable bonds is 10. The van der Waals surface area contributed by atoms with Gasteiger partial charge >= 0.3 is 0 Å². The number of nitrogens with one attached hydrogen (secondary N) is 1. The molecule has 0 radical (unpaired) electrons. The number of allylic oxidation sites excluding steroid dienone is 1. The lowest BCUT2D eigenvalue weighted by atomic mass is 9.86. The van der Waals surface area contributed by atoms with Gasteiger partial charge in [0, 0.05) is 19.6 Å². The van der Waals surface area contributed by atoms with Crippen molar-refractivity contribution in [1.82, 2.24) is 5.32 Å². The molecule has 0 spiro atoms. The number of aliphatic hydroxyl groups is 1. The van der Waals surface area contributed by atoms with Crippen LogP contribution in [-0.2, 0) is 20.7 Å². The average molecular weight is 388 g/mol. The van der Waals surface area contributed by atoms with Crippen LogP contribution in [0, 0.1) is 11.8 Å². The van der Waals surface area contributed by atoms with Gasteiger partial charge in [-0.2, -0.15) is 0 Å². The lowest BCUT2D eigenvalue weighted by Crippen LogP contribution is -2.35. The number of hydrogen-bond acceptors (Lipinski definition) is 4. The quantitative estimate of drug-likeness (QED) is 0.602. The third kappa shape index (κ3) is 6.35. The van der Waals surface area contributed by atoms with Crippen LogP contribution in [0.3, 0.4) is 0 Å². The van der Waals surface area contributed by atoms with E-state index in [4.69, 9.17) is 14.6 Å². The monoisotopic (exact) mass is 387 g/mol. The molecule has 2 N–H and O–H groups in total. The number of carbonyl (C=O) groups excluding carboxylic acids is 1. The Kier molecular flexibility index (Phi) is 8.37. The maximum absolute atomic E-state index is 12.7. The van der Waals surface area contributed by atoms with Crippen LogP contribution in [0.4, 0.5) is 0 Å². The smallest absolute Gasteiger partial charge is 0.286 e. The van der Waals surface area contributed by atoms with E-state index in [1.165, 1.54) is 31.2 Å². The normalized spacial score (nSPS) is 22.5. The van der Waals surface area contributed by atoms with Crippen LogP contribution in [-0.4, -0.2) is 37.1 Å². The Morgan fingerprint density at radius 1 is 1.18 bits per heavy atom. The second-order valence-electron chi connectivity index (χ2n) is 7.82. The Labute approximate surface area is 168 Å². The molecule has 1 aromatic rings. The molecule has 28 heavy (non-hydrogen) atoms. The number of carbonyl (C=O) groups is 1. The molecule has 1 heterocycles. The number of aliphatic hydroxyl groups excluding tert-OH is 1. The van der Waals surface area contributed by atoms with Gasteiger partial charge in [-0.3, -0.25) is 4.79 Å². The van der Waals surface area contributed by atoms with E-state index in [9.17, 15) is 4.79 Å². The molecule has 0 saturated heterocycles. The average Bonchev–Trinajstić information content (AvgIpc) is 3.27. The summed E-state index contributed by atoms with van der Waals surface area (Å²) in [6, 6.07) is 10.1. The van der Waals surface area contributed by atoms with Crippen molar-refractivity contribution in [2.75, 3.05) is 19.8 Å². The summed E-state index contributed by atoms with van der Waals surface area (Å²) >= 11 is 0. The zero-order valence-electron chi connectivity index (χ0n) is 16.6. The second kappa shape index (κ2) is 11.2. The fraction of sp³-hybridized carbons (Fsp3) is 0.609. The number of ether oxygens (including phenoxy) is 2. The van der Waals surface area contributed by atoms with Crippen LogP contribution in [0.2, 0.25) is 0 Å². The maximum atomic E-state index is 12.7. The van der Waals surface area contributed by atoms with Crippen LogP contribution in [0.1, 0.15) is 50.5 Å². The van der Waals surface area contributed by atoms with Gasteiger partial charge in [0.1, 0.15) is 0 Å². The zero-order valence-corrected chi connectivity index (χ0v) is 16.6. The third-order valence-electron chi connectivity index (χ3n) is 5.72. The molecule has 2 atom stereocenters. The van der Waals surface area contributed by atoms with Crippen molar-refractivity contribution in [2.45, 2.75) is 57.7 Å². The van der Waals surface area contributed by atoms with Gasteiger partial charge in [-0.25, -0.2) is 0 Å². The van der Waals surface area contributed by atoms with Crippen LogP contribution in [0.25, 0.3) is 0 Å². The lowest BCUT2D eigenvalue weighted by Gasteiger charge is -2.32. The molecule has 0 bridgehead atoms. The highest BCUT2D eigenvalue weighted by molar-refractivity contribution is 5.91. The molecule has 1 aliphatic heterocycles. The number of hydrogen-bond donors (Lipinski definition) is 2. The SMILES string of the molecule is O=C(NCCc1ccccc1)C1=C[C@@H](C2CCCC2)C[C@@H](OCCCCO)O1. The van der Waals surface area contributed by atoms with Gasteiger partial charge in [-0.05, 0) is 55.6 Å². The molecule has 1 aromatic carbocycles. The summed E-state index contributed by atoms with van der Waals surface area (Å²) in [5.74, 6) is 1.22. The van der Waals surface area contributed by atoms with Crippen molar-refractivity contribution >= 4 is 5.91 Å². The van der Waals surface area contributed by atoms with Crippen molar-refractivity contribution in [2.24, 2.45) is 11.8 Å². The summed E-state index contributed by atoms with van der Waals surface area (Å²) in [5.41, 5.74) is 1.20. The molecule has 5 heteroatoms. The first-order valence-electron chi connectivity index (χ1n) is 10.7. The maximum Gasteiger partial charge on any atom is 0.286 e. The Morgan fingerprint density at radius 2 is 1.96 bits per heavy atom. The van der Waals surface area contributed by atoms with E-state index in [0.29, 0.717) is 30.7 Å². The highest BCUT2D eigenvalue weighted by atomic mass is 16.7. The molecule has 0 unspecified atom stereocenters. The minimum Gasteiger partial charge on any atom is -0.459 e. The molecule has 1 aliphatic carbocycles. The molecule has 1 amide bonds. The first-order chi connectivity index (χ1) is 13.8. The van der Waals surface area contributed by atoms with Crippen molar-refractivity contribution < 1.29 is 19.4 Å².